The molecule has 1 fully saturated rings. The van der Waals surface area contributed by atoms with Crippen molar-refractivity contribution in [2.75, 3.05) is 32.1 Å². The minimum atomic E-state index is -0.656. The predicted octanol–water partition coefficient (Wildman–Crippen LogP) is 1.15. The lowest BCUT2D eigenvalue weighted by Crippen LogP contribution is -2.56. The van der Waals surface area contributed by atoms with Crippen molar-refractivity contribution in [2.24, 2.45) is 0 Å². The number of ether oxygens (including phenoxy) is 1. The maximum Gasteiger partial charge on any atom is 0.313 e. The van der Waals surface area contributed by atoms with Crippen LogP contribution < -0.4 is 15.0 Å². The smallest absolute Gasteiger partial charge is 0.313 e. The van der Waals surface area contributed by atoms with E-state index in [1.165, 1.54) is 13.2 Å². The molecule has 0 spiro atoms. The number of methoxy groups -OCH3 is 1. The fourth-order valence-electron chi connectivity index (χ4n) is 1.85. The average molecular weight is 255 g/mol. The monoisotopic (exact) mass is 255 g/mol. The number of nitro benzene ring substituents is 1. The third-order valence-corrected chi connectivity index (χ3v) is 3.13. The maximum absolute atomic E-state index is 13.9. The Kier molecular flexibility index (Phi) is 3.33. The van der Waals surface area contributed by atoms with Crippen LogP contribution in [0.4, 0.5) is 15.8 Å². The van der Waals surface area contributed by atoms with E-state index in [9.17, 15) is 14.5 Å². The summed E-state index contributed by atoms with van der Waals surface area (Å²) in [7, 11) is 3.09. The van der Waals surface area contributed by atoms with E-state index < -0.39 is 10.7 Å². The van der Waals surface area contributed by atoms with Gasteiger partial charge in [-0.15, -0.1) is 0 Å². The molecule has 18 heavy (non-hydrogen) atoms. The predicted molar refractivity (Wildman–Crippen MR) is 64.7 cm³/mol. The number of nitrogens with one attached hydrogen (secondary N) is 1. The number of hydrogen-bond donors (Lipinski definition) is 1. The van der Waals surface area contributed by atoms with Gasteiger partial charge in [0.2, 0.25) is 0 Å². The van der Waals surface area contributed by atoms with Gasteiger partial charge in [0.15, 0.2) is 11.6 Å². The molecule has 1 aliphatic heterocycles. The second-order valence-corrected chi connectivity index (χ2v) is 4.16. The van der Waals surface area contributed by atoms with Crippen molar-refractivity contribution < 1.29 is 14.1 Å². The molecule has 0 saturated carbocycles. The first-order chi connectivity index (χ1) is 8.54. The first-order valence-corrected chi connectivity index (χ1v) is 5.50. The largest absolute Gasteiger partial charge is 0.490 e. The first kappa shape index (κ1) is 12.6. The van der Waals surface area contributed by atoms with Crippen molar-refractivity contribution in [1.29, 1.82) is 0 Å². The summed E-state index contributed by atoms with van der Waals surface area (Å²) in [6.45, 7) is 1.55. The Balaban J connectivity index is 2.39. The molecule has 0 atom stereocenters. The van der Waals surface area contributed by atoms with Crippen LogP contribution >= 0.6 is 0 Å². The minimum absolute atomic E-state index is 0.0653. The fraction of sp³-hybridized carbons (Fsp3) is 0.455. The van der Waals surface area contributed by atoms with E-state index in [-0.39, 0.29) is 17.5 Å². The van der Waals surface area contributed by atoms with Crippen LogP contribution in [0.2, 0.25) is 0 Å². The van der Waals surface area contributed by atoms with Crippen LogP contribution in [0.3, 0.4) is 0 Å². The number of nitro groups is 1. The topological polar surface area (TPSA) is 67.6 Å². The number of nitrogens with zero attached hydrogens (tertiary/aromatic N) is 2. The lowest BCUT2D eigenvalue weighted by Gasteiger charge is -2.37. The number of hydrogen-bond acceptors (Lipinski definition) is 5. The highest BCUT2D eigenvalue weighted by Gasteiger charge is 2.27. The molecule has 1 heterocycles. The van der Waals surface area contributed by atoms with Crippen LogP contribution in [0, 0.1) is 15.9 Å². The summed E-state index contributed by atoms with van der Waals surface area (Å²) in [6.07, 6.45) is 0. The van der Waals surface area contributed by atoms with E-state index in [4.69, 9.17) is 4.74 Å². The number of benzene rings is 1. The zero-order valence-corrected chi connectivity index (χ0v) is 10.1. The highest BCUT2D eigenvalue weighted by molar-refractivity contribution is 5.60. The number of anilines is 1. The third-order valence-electron chi connectivity index (χ3n) is 3.13. The van der Waals surface area contributed by atoms with Gasteiger partial charge in [-0.2, -0.15) is 0 Å². The van der Waals surface area contributed by atoms with Crippen LogP contribution in [0.1, 0.15) is 0 Å². The van der Waals surface area contributed by atoms with Gasteiger partial charge < -0.3 is 15.0 Å². The van der Waals surface area contributed by atoms with Gasteiger partial charge in [0.05, 0.1) is 29.8 Å². The fourth-order valence-corrected chi connectivity index (χ4v) is 1.85. The van der Waals surface area contributed by atoms with Crippen LogP contribution in [-0.4, -0.2) is 38.2 Å². The number of rotatable bonds is 4. The average Bonchev–Trinajstić information content (AvgIpc) is 2.25. The molecule has 0 amide bonds. The molecule has 6 nitrogen and oxygen atoms in total. The van der Waals surface area contributed by atoms with E-state index in [1.54, 1.807) is 11.9 Å². The molecule has 0 aromatic heterocycles. The molecule has 98 valence electrons. The van der Waals surface area contributed by atoms with Crippen molar-refractivity contribution >= 4 is 11.4 Å². The van der Waals surface area contributed by atoms with Crippen LogP contribution in [0.25, 0.3) is 0 Å². The Hall–Kier alpha value is -1.89. The molecule has 1 aromatic carbocycles. The van der Waals surface area contributed by atoms with E-state index in [0.29, 0.717) is 5.69 Å². The number of likely N-dealkylation sites (N-methyl/N-ethyl adjacent to an activating group) is 1. The first-order valence-electron chi connectivity index (χ1n) is 5.50. The summed E-state index contributed by atoms with van der Waals surface area (Å²) >= 11 is 0. The van der Waals surface area contributed by atoms with Gasteiger partial charge in [0.1, 0.15) is 0 Å². The third kappa shape index (κ3) is 2.08. The van der Waals surface area contributed by atoms with E-state index in [1.807, 2.05) is 0 Å². The lowest BCUT2D eigenvalue weighted by atomic mass is 10.1. The van der Waals surface area contributed by atoms with E-state index >= 15 is 0 Å². The second kappa shape index (κ2) is 4.77. The van der Waals surface area contributed by atoms with Gasteiger partial charge in [0, 0.05) is 26.2 Å². The van der Waals surface area contributed by atoms with E-state index in [2.05, 4.69) is 5.32 Å². The van der Waals surface area contributed by atoms with Crippen LogP contribution in [0.15, 0.2) is 12.1 Å². The summed E-state index contributed by atoms with van der Waals surface area (Å²) in [5.41, 5.74) is -0.0529. The van der Waals surface area contributed by atoms with Gasteiger partial charge in [-0.3, -0.25) is 10.1 Å². The zero-order valence-electron chi connectivity index (χ0n) is 10.1. The Bertz CT molecular complexity index is 477. The summed E-state index contributed by atoms with van der Waals surface area (Å²) in [5.74, 6) is -0.549. The van der Waals surface area contributed by atoms with Crippen molar-refractivity contribution in [3.8, 4) is 5.75 Å². The van der Waals surface area contributed by atoms with Gasteiger partial charge in [-0.1, -0.05) is 0 Å². The summed E-state index contributed by atoms with van der Waals surface area (Å²) in [6, 6.07) is 2.47. The highest BCUT2D eigenvalue weighted by atomic mass is 19.1. The Morgan fingerprint density at radius 2 is 2.22 bits per heavy atom. The molecule has 1 aliphatic rings. The van der Waals surface area contributed by atoms with Crippen molar-refractivity contribution in [2.45, 2.75) is 6.04 Å². The second-order valence-electron chi connectivity index (χ2n) is 4.16. The summed E-state index contributed by atoms with van der Waals surface area (Å²) < 4.78 is 18.8. The molecule has 0 bridgehead atoms. The van der Waals surface area contributed by atoms with Gasteiger partial charge >= 0.3 is 5.69 Å². The molecule has 7 heteroatoms. The van der Waals surface area contributed by atoms with Gasteiger partial charge in [-0.05, 0) is 0 Å². The molecule has 1 N–H and O–H groups in total. The molecule has 0 radical (unpaired) electrons. The standard InChI is InChI=1S/C11H14FN3O3/c1-14(7-5-13-6-7)9-4-11(18-2)10(15(16)17)3-8(9)12/h3-4,7,13H,5-6H2,1-2H3. The molecular formula is C11H14FN3O3. The summed E-state index contributed by atoms with van der Waals surface area (Å²) in [4.78, 5) is 11.9. The normalized spacial score (nSPS) is 15.1. The molecule has 2 rings (SSSR count). The molecule has 0 unspecified atom stereocenters. The van der Waals surface area contributed by atoms with Crippen LogP contribution in [-0.2, 0) is 0 Å². The quantitative estimate of drug-likeness (QED) is 0.645. The Morgan fingerprint density at radius 1 is 1.56 bits per heavy atom. The van der Waals surface area contributed by atoms with Crippen LogP contribution in [0.5, 0.6) is 5.75 Å². The van der Waals surface area contributed by atoms with Crippen molar-refractivity contribution in [3.05, 3.63) is 28.1 Å². The zero-order chi connectivity index (χ0) is 13.3. The molecule has 0 aliphatic carbocycles. The number of halogens is 1. The SMILES string of the molecule is COc1cc(N(C)C2CNC2)c(F)cc1[N+](=O)[O-]. The van der Waals surface area contributed by atoms with E-state index in [0.717, 1.165) is 19.2 Å². The maximum atomic E-state index is 13.9. The Labute approximate surface area is 103 Å². The van der Waals surface area contributed by atoms with Crippen molar-refractivity contribution in [1.82, 2.24) is 5.32 Å². The Morgan fingerprint density at radius 3 is 2.67 bits per heavy atom. The minimum Gasteiger partial charge on any atom is -0.490 e. The lowest BCUT2D eigenvalue weighted by molar-refractivity contribution is -0.385. The summed E-state index contributed by atoms with van der Waals surface area (Å²) in [5, 5.41) is 13.8. The molecule has 1 saturated heterocycles. The molecule has 1 aromatic rings. The van der Waals surface area contributed by atoms with Gasteiger partial charge in [-0.25, -0.2) is 4.39 Å². The highest BCUT2D eigenvalue weighted by Crippen LogP contribution is 2.34. The molecular weight excluding hydrogens is 241 g/mol. The van der Waals surface area contributed by atoms with Crippen molar-refractivity contribution in [3.63, 3.8) is 0 Å². The van der Waals surface area contributed by atoms with Gasteiger partial charge in [0.25, 0.3) is 0 Å².